The fourth-order valence-corrected chi connectivity index (χ4v) is 3.86. The number of carbonyl (C=O) groups excluding carboxylic acids is 1. The zero-order chi connectivity index (χ0) is 20.0. The van der Waals surface area contributed by atoms with E-state index in [-0.39, 0.29) is 5.76 Å². The van der Waals surface area contributed by atoms with Crippen LogP contribution < -0.4 is 0 Å². The van der Waals surface area contributed by atoms with E-state index in [1.807, 2.05) is 42.5 Å². The zero-order valence-electron chi connectivity index (χ0n) is 15.6. The summed E-state index contributed by atoms with van der Waals surface area (Å²) in [5.41, 5.74) is 4.27. The molecule has 144 valence electrons. The van der Waals surface area contributed by atoms with Crippen molar-refractivity contribution in [3.63, 3.8) is 0 Å². The van der Waals surface area contributed by atoms with Crippen LogP contribution in [0.25, 0.3) is 33.1 Å². The highest BCUT2D eigenvalue weighted by atomic mass is 79.9. The Bertz CT molecular complexity index is 1390. The van der Waals surface area contributed by atoms with E-state index in [2.05, 4.69) is 20.5 Å². The Morgan fingerprint density at radius 2 is 1.90 bits per heavy atom. The summed E-state index contributed by atoms with van der Waals surface area (Å²) in [5.74, 6) is 0.377. The summed E-state index contributed by atoms with van der Waals surface area (Å²) in [4.78, 5) is 21.6. The number of hydrogen-bond donors (Lipinski definition) is 0. The zero-order valence-corrected chi connectivity index (χ0v) is 17.1. The lowest BCUT2D eigenvalue weighted by molar-refractivity contribution is 0.0488. The van der Waals surface area contributed by atoms with Gasteiger partial charge in [0.2, 0.25) is 5.76 Å². The maximum Gasteiger partial charge on any atom is 0.374 e. The van der Waals surface area contributed by atoms with Gasteiger partial charge in [0, 0.05) is 9.86 Å². The van der Waals surface area contributed by atoms with E-state index in [0.717, 1.165) is 37.6 Å². The Kier molecular flexibility index (Phi) is 4.32. The number of rotatable bonds is 4. The van der Waals surface area contributed by atoms with Gasteiger partial charge in [-0.05, 0) is 49.4 Å². The van der Waals surface area contributed by atoms with Crippen LogP contribution in [0.4, 0.5) is 0 Å². The molecular weight excluding hydrogens is 434 g/mol. The van der Waals surface area contributed by atoms with Crippen LogP contribution in [0.15, 0.2) is 63.5 Å². The van der Waals surface area contributed by atoms with Crippen molar-refractivity contribution >= 4 is 55.0 Å². The fraction of sp³-hybridized carbons (Fsp3) is 0.136. The van der Waals surface area contributed by atoms with Crippen LogP contribution >= 0.6 is 15.9 Å². The summed E-state index contributed by atoms with van der Waals surface area (Å²) in [6.45, 7) is 2.49. The van der Waals surface area contributed by atoms with Crippen LogP contribution in [0.1, 0.15) is 23.2 Å². The van der Waals surface area contributed by atoms with Crippen molar-refractivity contribution in [1.82, 2.24) is 14.5 Å². The minimum atomic E-state index is -0.462. The summed E-state index contributed by atoms with van der Waals surface area (Å²) in [6.07, 6.45) is 0. The molecule has 0 radical (unpaired) electrons. The fourth-order valence-electron chi connectivity index (χ4n) is 3.50. The van der Waals surface area contributed by atoms with Crippen LogP contribution in [-0.4, -0.2) is 27.1 Å². The quantitative estimate of drug-likeness (QED) is 0.347. The standard InChI is InChI=1S/C22H16BrN3O3/c1-2-28-22(27)19-10-8-14(29-19)12-26-18-9-7-13(23)11-15(18)20-21(26)25-17-6-4-3-5-16(17)24-20/h3-11H,2,12H2,1H3. The SMILES string of the molecule is CCOC(=O)c1ccc(Cn2c3ccc(Br)cc3c3nc4ccccc4nc32)o1. The molecular formula is C22H16BrN3O3. The number of para-hydroxylation sites is 2. The van der Waals surface area contributed by atoms with Crippen molar-refractivity contribution in [2.45, 2.75) is 13.5 Å². The van der Waals surface area contributed by atoms with Crippen LogP contribution in [0.2, 0.25) is 0 Å². The highest BCUT2D eigenvalue weighted by Crippen LogP contribution is 2.31. The van der Waals surface area contributed by atoms with E-state index in [0.29, 0.717) is 18.9 Å². The number of benzene rings is 2. The summed E-state index contributed by atoms with van der Waals surface area (Å²) >= 11 is 3.55. The van der Waals surface area contributed by atoms with E-state index in [4.69, 9.17) is 19.1 Å². The number of halogens is 1. The normalized spacial score (nSPS) is 11.5. The number of esters is 1. The number of fused-ring (bicyclic) bond motifs is 4. The molecule has 7 heteroatoms. The lowest BCUT2D eigenvalue weighted by atomic mass is 10.2. The van der Waals surface area contributed by atoms with Crippen LogP contribution in [0.3, 0.4) is 0 Å². The van der Waals surface area contributed by atoms with Crippen molar-refractivity contribution in [2.24, 2.45) is 0 Å². The number of aromatic nitrogens is 3. The lowest BCUT2D eigenvalue weighted by Gasteiger charge is -2.05. The molecule has 0 aliphatic rings. The third-order valence-corrected chi connectivity index (χ3v) is 5.26. The van der Waals surface area contributed by atoms with E-state index in [1.54, 1.807) is 19.1 Å². The van der Waals surface area contributed by atoms with Gasteiger partial charge in [0.05, 0.1) is 29.7 Å². The van der Waals surface area contributed by atoms with Gasteiger partial charge in [0.1, 0.15) is 11.3 Å². The highest BCUT2D eigenvalue weighted by Gasteiger charge is 2.18. The first kappa shape index (κ1) is 17.9. The number of nitrogens with zero attached hydrogens (tertiary/aromatic N) is 3. The smallest absolute Gasteiger partial charge is 0.374 e. The molecule has 0 saturated heterocycles. The van der Waals surface area contributed by atoms with E-state index >= 15 is 0 Å². The molecule has 0 amide bonds. The molecule has 29 heavy (non-hydrogen) atoms. The average molecular weight is 450 g/mol. The maximum absolute atomic E-state index is 11.9. The van der Waals surface area contributed by atoms with Gasteiger partial charge >= 0.3 is 5.97 Å². The second-order valence-corrected chi connectivity index (χ2v) is 7.53. The van der Waals surface area contributed by atoms with Gasteiger partial charge < -0.3 is 13.7 Å². The van der Waals surface area contributed by atoms with Crippen LogP contribution in [0, 0.1) is 0 Å². The number of hydrogen-bond acceptors (Lipinski definition) is 5. The van der Waals surface area contributed by atoms with Gasteiger partial charge in [-0.3, -0.25) is 0 Å². The molecule has 0 atom stereocenters. The second-order valence-electron chi connectivity index (χ2n) is 6.62. The molecule has 0 saturated carbocycles. The Hall–Kier alpha value is -3.19. The average Bonchev–Trinajstić information content (AvgIpc) is 3.30. The molecule has 3 heterocycles. The molecule has 0 aliphatic heterocycles. The predicted molar refractivity (Wildman–Crippen MR) is 114 cm³/mol. The van der Waals surface area contributed by atoms with Crippen LogP contribution in [0.5, 0.6) is 0 Å². The molecule has 0 fully saturated rings. The number of ether oxygens (including phenoxy) is 1. The van der Waals surface area contributed by atoms with Gasteiger partial charge in [-0.2, -0.15) is 0 Å². The largest absolute Gasteiger partial charge is 0.460 e. The van der Waals surface area contributed by atoms with Gasteiger partial charge in [-0.15, -0.1) is 0 Å². The van der Waals surface area contributed by atoms with Crippen molar-refractivity contribution in [2.75, 3.05) is 6.61 Å². The Morgan fingerprint density at radius 3 is 2.69 bits per heavy atom. The third kappa shape index (κ3) is 3.07. The first-order valence-corrected chi connectivity index (χ1v) is 10.0. The van der Waals surface area contributed by atoms with Crippen molar-refractivity contribution < 1.29 is 13.9 Å². The molecule has 0 unspecified atom stereocenters. The van der Waals surface area contributed by atoms with E-state index in [9.17, 15) is 4.79 Å². The summed E-state index contributed by atoms with van der Waals surface area (Å²) in [6, 6.07) is 17.3. The van der Waals surface area contributed by atoms with Crippen LogP contribution in [-0.2, 0) is 11.3 Å². The van der Waals surface area contributed by atoms with Gasteiger partial charge in [-0.1, -0.05) is 28.1 Å². The Balaban J connectivity index is 1.69. The molecule has 0 N–H and O–H groups in total. The second kappa shape index (κ2) is 7.00. The maximum atomic E-state index is 11.9. The van der Waals surface area contributed by atoms with Crippen molar-refractivity contribution in [1.29, 1.82) is 0 Å². The first-order chi connectivity index (χ1) is 14.1. The van der Waals surface area contributed by atoms with Gasteiger partial charge in [-0.25, -0.2) is 14.8 Å². The van der Waals surface area contributed by atoms with Gasteiger partial charge in [0.15, 0.2) is 5.65 Å². The summed E-state index contributed by atoms with van der Waals surface area (Å²) in [5, 5.41) is 1.00. The van der Waals surface area contributed by atoms with E-state index in [1.165, 1.54) is 0 Å². The Morgan fingerprint density at radius 1 is 1.10 bits per heavy atom. The molecule has 0 spiro atoms. The van der Waals surface area contributed by atoms with Crippen molar-refractivity contribution in [3.05, 3.63) is 70.6 Å². The lowest BCUT2D eigenvalue weighted by Crippen LogP contribution is -2.03. The predicted octanol–water partition coefficient (Wildman–Crippen LogP) is 5.32. The Labute approximate surface area is 174 Å². The van der Waals surface area contributed by atoms with E-state index < -0.39 is 5.97 Å². The van der Waals surface area contributed by atoms with Crippen molar-refractivity contribution in [3.8, 4) is 0 Å². The molecule has 2 aromatic carbocycles. The molecule has 0 aliphatic carbocycles. The third-order valence-electron chi connectivity index (χ3n) is 4.76. The number of carbonyl (C=O) groups is 1. The molecule has 6 nitrogen and oxygen atoms in total. The summed E-state index contributed by atoms with van der Waals surface area (Å²) < 4.78 is 13.8. The molecule has 3 aromatic heterocycles. The van der Waals surface area contributed by atoms with Gasteiger partial charge in [0.25, 0.3) is 0 Å². The summed E-state index contributed by atoms with van der Waals surface area (Å²) in [7, 11) is 0. The monoisotopic (exact) mass is 449 g/mol. The molecule has 0 bridgehead atoms. The molecule has 5 aromatic rings. The molecule has 5 rings (SSSR count). The number of furan rings is 1. The highest BCUT2D eigenvalue weighted by molar-refractivity contribution is 9.10. The minimum Gasteiger partial charge on any atom is -0.460 e. The minimum absolute atomic E-state index is 0.196. The topological polar surface area (TPSA) is 70.2 Å². The first-order valence-electron chi connectivity index (χ1n) is 9.24.